The van der Waals surface area contributed by atoms with Gasteiger partial charge in [-0.1, -0.05) is 0 Å². The maximum atomic E-state index is 5.45. The summed E-state index contributed by atoms with van der Waals surface area (Å²) in [5, 5.41) is 0. The molecule has 2 fully saturated rings. The fraction of sp³-hybridized carbons (Fsp3) is 1.00. The number of epoxide rings is 1. The molecule has 0 spiro atoms. The summed E-state index contributed by atoms with van der Waals surface area (Å²) in [6.07, 6.45) is 6.43. The largest absolute Gasteiger partial charge is 0.385 e. The normalized spacial score (nSPS) is 41.7. The molecule has 0 bridgehead atoms. The van der Waals surface area contributed by atoms with Crippen LogP contribution in [-0.2, 0) is 9.47 Å². The van der Waals surface area contributed by atoms with E-state index in [0.29, 0.717) is 12.2 Å². The average molecular weight is 156 g/mol. The Bertz CT molecular complexity index is 136. The van der Waals surface area contributed by atoms with Crippen LogP contribution in [0.4, 0.5) is 0 Å². The third-order valence-corrected chi connectivity index (χ3v) is 2.84. The highest BCUT2D eigenvalue weighted by atomic mass is 16.6. The summed E-state index contributed by atoms with van der Waals surface area (Å²) in [6.45, 7) is 0.919. The molecule has 1 saturated heterocycles. The monoisotopic (exact) mass is 156 g/mol. The fourth-order valence-corrected chi connectivity index (χ4v) is 2.03. The second-order valence-electron chi connectivity index (χ2n) is 3.67. The van der Waals surface area contributed by atoms with Crippen LogP contribution < -0.4 is 0 Å². The van der Waals surface area contributed by atoms with Gasteiger partial charge in [-0.3, -0.25) is 0 Å². The van der Waals surface area contributed by atoms with Crippen molar-refractivity contribution in [1.82, 2.24) is 0 Å². The fourth-order valence-electron chi connectivity index (χ4n) is 2.03. The predicted octanol–water partition coefficient (Wildman–Crippen LogP) is 1.59. The lowest BCUT2D eigenvalue weighted by Gasteiger charge is -2.17. The van der Waals surface area contributed by atoms with Crippen LogP contribution in [0.3, 0.4) is 0 Å². The van der Waals surface area contributed by atoms with Crippen LogP contribution >= 0.6 is 0 Å². The summed E-state index contributed by atoms with van der Waals surface area (Å²) in [7, 11) is 1.78. The second-order valence-corrected chi connectivity index (χ2v) is 3.67. The third kappa shape index (κ3) is 1.74. The van der Waals surface area contributed by atoms with Gasteiger partial charge in [0, 0.05) is 13.7 Å². The van der Waals surface area contributed by atoms with E-state index in [9.17, 15) is 0 Å². The molecular formula is C9H16O2. The minimum Gasteiger partial charge on any atom is -0.385 e. The van der Waals surface area contributed by atoms with Crippen LogP contribution in [0, 0.1) is 5.92 Å². The van der Waals surface area contributed by atoms with E-state index in [-0.39, 0.29) is 0 Å². The summed E-state index contributed by atoms with van der Waals surface area (Å²) in [5.41, 5.74) is 0. The first-order valence-electron chi connectivity index (χ1n) is 4.54. The predicted molar refractivity (Wildman–Crippen MR) is 42.5 cm³/mol. The molecule has 2 heteroatoms. The van der Waals surface area contributed by atoms with Gasteiger partial charge in [-0.05, 0) is 31.6 Å². The molecule has 0 aromatic heterocycles. The summed E-state index contributed by atoms with van der Waals surface area (Å²) < 4.78 is 10.5. The van der Waals surface area contributed by atoms with E-state index in [1.807, 2.05) is 0 Å². The summed E-state index contributed by atoms with van der Waals surface area (Å²) >= 11 is 0. The highest BCUT2D eigenvalue weighted by molar-refractivity contribution is 4.91. The van der Waals surface area contributed by atoms with Crippen molar-refractivity contribution in [2.75, 3.05) is 13.7 Å². The average Bonchev–Trinajstić information content (AvgIpc) is 2.78. The van der Waals surface area contributed by atoms with Crippen molar-refractivity contribution in [3.05, 3.63) is 0 Å². The molecule has 3 atom stereocenters. The standard InChI is InChI=1S/C9H16O2/c1-10-5-4-7-2-3-8-9(6-7)11-8/h7-9H,2-6H2,1H3. The van der Waals surface area contributed by atoms with E-state index in [2.05, 4.69) is 0 Å². The van der Waals surface area contributed by atoms with Crippen molar-refractivity contribution < 1.29 is 9.47 Å². The van der Waals surface area contributed by atoms with E-state index < -0.39 is 0 Å². The molecule has 1 heterocycles. The Labute approximate surface area is 67.9 Å². The SMILES string of the molecule is COCCC1CCC2OC2C1. The zero-order valence-electron chi connectivity index (χ0n) is 7.08. The molecule has 0 aromatic rings. The number of ether oxygens (including phenoxy) is 2. The number of hydrogen-bond acceptors (Lipinski definition) is 2. The first kappa shape index (κ1) is 7.56. The van der Waals surface area contributed by atoms with Gasteiger partial charge >= 0.3 is 0 Å². The van der Waals surface area contributed by atoms with Crippen LogP contribution in [0.1, 0.15) is 25.7 Å². The number of fused-ring (bicyclic) bond motifs is 1. The lowest BCUT2D eigenvalue weighted by Crippen LogP contribution is -2.14. The topological polar surface area (TPSA) is 21.8 Å². The molecule has 2 nitrogen and oxygen atoms in total. The minimum absolute atomic E-state index is 0.630. The van der Waals surface area contributed by atoms with E-state index in [4.69, 9.17) is 9.47 Å². The Balaban J connectivity index is 1.68. The minimum atomic E-state index is 0.630. The van der Waals surface area contributed by atoms with Gasteiger partial charge in [-0.15, -0.1) is 0 Å². The van der Waals surface area contributed by atoms with Crippen molar-refractivity contribution in [3.63, 3.8) is 0 Å². The van der Waals surface area contributed by atoms with Crippen molar-refractivity contribution >= 4 is 0 Å². The molecule has 3 unspecified atom stereocenters. The molecule has 0 N–H and O–H groups in total. The first-order valence-corrected chi connectivity index (χ1v) is 4.54. The molecule has 0 radical (unpaired) electrons. The molecule has 2 aliphatic rings. The Hall–Kier alpha value is -0.0800. The molecule has 0 aromatic carbocycles. The lowest BCUT2D eigenvalue weighted by molar-refractivity contribution is 0.168. The van der Waals surface area contributed by atoms with Gasteiger partial charge in [0.25, 0.3) is 0 Å². The summed E-state index contributed by atoms with van der Waals surface area (Å²) in [4.78, 5) is 0. The smallest absolute Gasteiger partial charge is 0.0844 e. The van der Waals surface area contributed by atoms with E-state index in [1.165, 1.54) is 25.7 Å². The van der Waals surface area contributed by atoms with E-state index in [1.54, 1.807) is 7.11 Å². The molecule has 1 aliphatic heterocycles. The number of hydrogen-bond donors (Lipinski definition) is 0. The second kappa shape index (κ2) is 3.11. The molecule has 64 valence electrons. The van der Waals surface area contributed by atoms with Gasteiger partial charge in [-0.25, -0.2) is 0 Å². The Morgan fingerprint density at radius 3 is 3.00 bits per heavy atom. The molecule has 1 aliphatic carbocycles. The molecule has 1 saturated carbocycles. The van der Waals surface area contributed by atoms with Crippen LogP contribution in [0.25, 0.3) is 0 Å². The summed E-state index contributed by atoms with van der Waals surface area (Å²) in [5.74, 6) is 0.874. The Morgan fingerprint density at radius 2 is 2.27 bits per heavy atom. The van der Waals surface area contributed by atoms with Crippen LogP contribution in [0.5, 0.6) is 0 Å². The maximum Gasteiger partial charge on any atom is 0.0844 e. The van der Waals surface area contributed by atoms with Gasteiger partial charge in [0.05, 0.1) is 12.2 Å². The van der Waals surface area contributed by atoms with Gasteiger partial charge in [0.2, 0.25) is 0 Å². The molecular weight excluding hydrogens is 140 g/mol. The third-order valence-electron chi connectivity index (χ3n) is 2.84. The highest BCUT2D eigenvalue weighted by Gasteiger charge is 2.43. The van der Waals surface area contributed by atoms with Crippen molar-refractivity contribution in [2.45, 2.75) is 37.9 Å². The number of rotatable bonds is 3. The van der Waals surface area contributed by atoms with Crippen LogP contribution in [0.2, 0.25) is 0 Å². The maximum absolute atomic E-state index is 5.45. The van der Waals surface area contributed by atoms with E-state index in [0.717, 1.165) is 12.5 Å². The molecule has 0 amide bonds. The zero-order chi connectivity index (χ0) is 7.68. The van der Waals surface area contributed by atoms with Crippen molar-refractivity contribution in [3.8, 4) is 0 Å². The number of methoxy groups -OCH3 is 1. The molecule has 2 rings (SSSR count). The zero-order valence-corrected chi connectivity index (χ0v) is 7.08. The van der Waals surface area contributed by atoms with Gasteiger partial charge in [0.1, 0.15) is 0 Å². The van der Waals surface area contributed by atoms with E-state index >= 15 is 0 Å². The van der Waals surface area contributed by atoms with Crippen LogP contribution in [0.15, 0.2) is 0 Å². The first-order chi connectivity index (χ1) is 5.40. The Kier molecular flexibility index (Phi) is 2.14. The van der Waals surface area contributed by atoms with Crippen molar-refractivity contribution in [1.29, 1.82) is 0 Å². The lowest BCUT2D eigenvalue weighted by atomic mass is 9.87. The molecule has 11 heavy (non-hydrogen) atoms. The van der Waals surface area contributed by atoms with Gasteiger partial charge < -0.3 is 9.47 Å². The van der Waals surface area contributed by atoms with Gasteiger partial charge in [0.15, 0.2) is 0 Å². The Morgan fingerprint density at radius 1 is 1.36 bits per heavy atom. The van der Waals surface area contributed by atoms with Crippen LogP contribution in [-0.4, -0.2) is 25.9 Å². The van der Waals surface area contributed by atoms with Crippen molar-refractivity contribution in [2.24, 2.45) is 5.92 Å². The van der Waals surface area contributed by atoms with Gasteiger partial charge in [-0.2, -0.15) is 0 Å². The summed E-state index contributed by atoms with van der Waals surface area (Å²) in [6, 6.07) is 0. The highest BCUT2D eigenvalue weighted by Crippen LogP contribution is 2.40. The quantitative estimate of drug-likeness (QED) is 0.579.